The average Bonchev–Trinajstić information content (AvgIpc) is 3.42. The highest BCUT2D eigenvalue weighted by atomic mass is 32.1. The number of benzene rings is 2. The van der Waals surface area contributed by atoms with Crippen LogP contribution in [0.25, 0.3) is 22.5 Å². The summed E-state index contributed by atoms with van der Waals surface area (Å²) in [4.78, 5) is 21.3. The predicted octanol–water partition coefficient (Wildman–Crippen LogP) is 5.46. The molecule has 2 heterocycles. The van der Waals surface area contributed by atoms with Crippen molar-refractivity contribution >= 4 is 28.7 Å². The van der Waals surface area contributed by atoms with Crippen LogP contribution in [0.15, 0.2) is 64.8 Å². The SMILES string of the molecule is CCCCC1=NC(C)=C(CC(=S)N(C)C)C(=O)C1Cc1ccc(-c2ccccc2-c2nn[nH]n2)cc1. The Morgan fingerprint density at radius 3 is 2.44 bits per heavy atom. The fraction of sp³-hybridized carbons (Fsp3) is 0.357. The normalized spacial score (nSPS) is 15.7. The Morgan fingerprint density at radius 2 is 1.81 bits per heavy atom. The van der Waals surface area contributed by atoms with Crippen molar-refractivity contribution in [3.8, 4) is 22.5 Å². The van der Waals surface area contributed by atoms with E-state index in [0.29, 0.717) is 18.7 Å². The van der Waals surface area contributed by atoms with Crippen molar-refractivity contribution in [2.24, 2.45) is 10.9 Å². The molecule has 4 rings (SSSR count). The lowest BCUT2D eigenvalue weighted by Crippen LogP contribution is -2.33. The number of nitrogens with zero attached hydrogens (tertiary/aromatic N) is 5. The van der Waals surface area contributed by atoms with Crippen LogP contribution in [-0.4, -0.2) is 56.1 Å². The molecule has 0 spiro atoms. The number of carbonyl (C=O) groups is 1. The number of allylic oxidation sites excluding steroid dienone is 1. The number of nitrogens with one attached hydrogen (secondary N) is 1. The zero-order chi connectivity index (χ0) is 25.7. The lowest BCUT2D eigenvalue weighted by molar-refractivity contribution is -0.117. The van der Waals surface area contributed by atoms with Gasteiger partial charge < -0.3 is 4.90 Å². The number of unbranched alkanes of at least 4 members (excludes halogenated alkanes) is 1. The predicted molar refractivity (Wildman–Crippen MR) is 148 cm³/mol. The molecule has 186 valence electrons. The molecule has 1 atom stereocenters. The van der Waals surface area contributed by atoms with Gasteiger partial charge >= 0.3 is 0 Å². The molecule has 1 aromatic heterocycles. The van der Waals surface area contributed by atoms with Gasteiger partial charge in [-0.3, -0.25) is 9.79 Å². The fourth-order valence-electron chi connectivity index (χ4n) is 4.49. The van der Waals surface area contributed by atoms with Crippen molar-refractivity contribution in [2.45, 2.75) is 46.0 Å². The Bertz CT molecular complexity index is 1290. The number of aliphatic imine (C=N–C) groups is 1. The van der Waals surface area contributed by atoms with Crippen molar-refractivity contribution in [3.63, 3.8) is 0 Å². The summed E-state index contributed by atoms with van der Waals surface area (Å²) < 4.78 is 0. The van der Waals surface area contributed by atoms with Gasteiger partial charge in [0, 0.05) is 43.1 Å². The van der Waals surface area contributed by atoms with Crippen LogP contribution in [0.5, 0.6) is 0 Å². The van der Waals surface area contributed by atoms with Gasteiger partial charge in [-0.1, -0.05) is 74.1 Å². The van der Waals surface area contributed by atoms with E-state index in [-0.39, 0.29) is 11.7 Å². The second kappa shape index (κ2) is 11.5. The van der Waals surface area contributed by atoms with Crippen LogP contribution < -0.4 is 0 Å². The summed E-state index contributed by atoms with van der Waals surface area (Å²) >= 11 is 5.51. The number of hydrogen-bond donors (Lipinski definition) is 1. The van der Waals surface area contributed by atoms with Crippen LogP contribution in [0.2, 0.25) is 0 Å². The molecule has 2 aromatic carbocycles. The second-order valence-corrected chi connectivity index (χ2v) is 9.81. The zero-order valence-corrected chi connectivity index (χ0v) is 22.1. The number of Topliss-reactive ketones (excluding diaryl/α,β-unsaturated/α-hetero) is 1. The molecule has 3 aromatic rings. The molecule has 1 unspecified atom stereocenters. The standard InChI is InChI=1S/C28H32N6OS/c1-5-6-11-25-24(27(35)23(18(2)29-25)17-26(36)34(3)4)16-19-12-14-20(15-13-19)21-9-7-8-10-22(21)28-30-32-33-31-28/h7-10,12-15,24H,5-6,11,16-17H2,1-4H3,(H,30,31,32,33). The first-order valence-electron chi connectivity index (χ1n) is 12.3. The molecule has 0 amide bonds. The number of carbonyl (C=O) groups excluding carboxylic acids is 1. The van der Waals surface area contributed by atoms with Crippen molar-refractivity contribution in [1.29, 1.82) is 0 Å². The van der Waals surface area contributed by atoms with Crippen molar-refractivity contribution in [1.82, 2.24) is 25.5 Å². The number of hydrogen-bond acceptors (Lipinski definition) is 6. The minimum absolute atomic E-state index is 0.157. The average molecular weight is 501 g/mol. The number of ketones is 1. The molecule has 0 aliphatic carbocycles. The molecule has 8 heteroatoms. The van der Waals surface area contributed by atoms with E-state index in [4.69, 9.17) is 17.2 Å². The minimum atomic E-state index is -0.252. The maximum atomic E-state index is 13.7. The summed E-state index contributed by atoms with van der Waals surface area (Å²) in [5.41, 5.74) is 6.64. The van der Waals surface area contributed by atoms with E-state index in [9.17, 15) is 4.79 Å². The van der Waals surface area contributed by atoms with Crippen LogP contribution in [0.4, 0.5) is 0 Å². The van der Waals surface area contributed by atoms with E-state index in [1.807, 2.05) is 50.2 Å². The molecule has 0 fully saturated rings. The third-order valence-corrected chi connectivity index (χ3v) is 7.11. The topological polar surface area (TPSA) is 87.1 Å². The molecule has 7 nitrogen and oxygen atoms in total. The number of aromatic amines is 1. The Labute approximate surface area is 217 Å². The molecular formula is C28H32N6OS. The summed E-state index contributed by atoms with van der Waals surface area (Å²) in [6.07, 6.45) is 4.01. The number of H-pyrrole nitrogens is 1. The third kappa shape index (κ3) is 5.65. The first kappa shape index (κ1) is 25.6. The van der Waals surface area contributed by atoms with Crippen LogP contribution in [0.3, 0.4) is 0 Å². The molecular weight excluding hydrogens is 468 g/mol. The van der Waals surface area contributed by atoms with E-state index < -0.39 is 0 Å². The van der Waals surface area contributed by atoms with Gasteiger partial charge in [0.15, 0.2) is 5.78 Å². The number of aromatic nitrogens is 4. The first-order chi connectivity index (χ1) is 17.4. The third-order valence-electron chi connectivity index (χ3n) is 6.60. The Hall–Kier alpha value is -3.52. The fourth-order valence-corrected chi connectivity index (χ4v) is 4.63. The van der Waals surface area contributed by atoms with E-state index in [0.717, 1.165) is 63.5 Å². The lowest BCUT2D eigenvalue weighted by Gasteiger charge is -2.26. The van der Waals surface area contributed by atoms with Gasteiger partial charge in [-0.15, -0.1) is 10.2 Å². The Kier molecular flexibility index (Phi) is 8.15. The van der Waals surface area contributed by atoms with Gasteiger partial charge in [0.05, 0.1) is 10.9 Å². The highest BCUT2D eigenvalue weighted by Crippen LogP contribution is 2.32. The van der Waals surface area contributed by atoms with Gasteiger partial charge in [-0.2, -0.15) is 5.21 Å². The van der Waals surface area contributed by atoms with Crippen LogP contribution >= 0.6 is 12.2 Å². The molecule has 0 radical (unpaired) electrons. The molecule has 0 saturated carbocycles. The minimum Gasteiger partial charge on any atom is -0.372 e. The molecule has 1 aliphatic rings. The first-order valence-corrected chi connectivity index (χ1v) is 12.7. The number of rotatable bonds is 9. The van der Waals surface area contributed by atoms with Gasteiger partial charge in [0.25, 0.3) is 0 Å². The van der Waals surface area contributed by atoms with Gasteiger partial charge in [-0.25, -0.2) is 0 Å². The van der Waals surface area contributed by atoms with E-state index >= 15 is 0 Å². The zero-order valence-electron chi connectivity index (χ0n) is 21.3. The maximum absolute atomic E-state index is 13.7. The summed E-state index contributed by atoms with van der Waals surface area (Å²) in [6, 6.07) is 16.4. The number of tetrazole rings is 1. The molecule has 36 heavy (non-hydrogen) atoms. The lowest BCUT2D eigenvalue weighted by atomic mass is 9.81. The summed E-state index contributed by atoms with van der Waals surface area (Å²) in [7, 11) is 3.83. The van der Waals surface area contributed by atoms with Crippen LogP contribution in [-0.2, 0) is 11.2 Å². The molecule has 0 bridgehead atoms. The second-order valence-electron chi connectivity index (χ2n) is 9.33. The quantitative estimate of drug-likeness (QED) is 0.393. The highest BCUT2D eigenvalue weighted by Gasteiger charge is 2.32. The Morgan fingerprint density at radius 1 is 1.08 bits per heavy atom. The Balaban J connectivity index is 1.59. The van der Waals surface area contributed by atoms with Crippen molar-refractivity contribution in [3.05, 3.63) is 65.4 Å². The van der Waals surface area contributed by atoms with Gasteiger partial charge in [0.1, 0.15) is 0 Å². The van der Waals surface area contributed by atoms with Crippen LogP contribution in [0.1, 0.15) is 45.1 Å². The smallest absolute Gasteiger partial charge is 0.205 e. The van der Waals surface area contributed by atoms with Gasteiger partial charge in [-0.05, 0) is 48.1 Å². The molecule has 1 aliphatic heterocycles. The summed E-state index contributed by atoms with van der Waals surface area (Å²) in [6.45, 7) is 4.10. The van der Waals surface area contributed by atoms with Crippen LogP contribution in [0, 0.1) is 5.92 Å². The molecule has 0 saturated heterocycles. The van der Waals surface area contributed by atoms with Crippen molar-refractivity contribution < 1.29 is 4.79 Å². The maximum Gasteiger partial charge on any atom is 0.205 e. The highest BCUT2D eigenvalue weighted by molar-refractivity contribution is 7.80. The largest absolute Gasteiger partial charge is 0.372 e. The van der Waals surface area contributed by atoms with Gasteiger partial charge in [0.2, 0.25) is 5.82 Å². The summed E-state index contributed by atoms with van der Waals surface area (Å²) in [5, 5.41) is 14.5. The number of thiocarbonyl (C=S) groups is 1. The van der Waals surface area contributed by atoms with E-state index in [1.165, 1.54) is 0 Å². The molecule has 1 N–H and O–H groups in total. The monoisotopic (exact) mass is 500 g/mol. The van der Waals surface area contributed by atoms with Crippen molar-refractivity contribution in [2.75, 3.05) is 14.1 Å². The van der Waals surface area contributed by atoms with E-state index in [2.05, 4.69) is 51.8 Å². The summed E-state index contributed by atoms with van der Waals surface area (Å²) in [5.74, 6) is 0.464. The van der Waals surface area contributed by atoms with E-state index in [1.54, 1.807) is 0 Å².